The summed E-state index contributed by atoms with van der Waals surface area (Å²) in [6, 6.07) is 1.66. The first-order valence-electron chi connectivity index (χ1n) is 4.51. The van der Waals surface area contributed by atoms with Crippen molar-refractivity contribution in [3.63, 3.8) is 0 Å². The number of alkyl halides is 3. The average Bonchev–Trinajstić information content (AvgIpc) is 2.15. The van der Waals surface area contributed by atoms with Crippen LogP contribution in [0.25, 0.3) is 0 Å². The van der Waals surface area contributed by atoms with E-state index in [0.29, 0.717) is 0 Å². The third-order valence-corrected chi connectivity index (χ3v) is 2.18. The Bertz CT molecular complexity index is 443. The summed E-state index contributed by atoms with van der Waals surface area (Å²) in [5, 5.41) is -0.803. The van der Waals surface area contributed by atoms with Gasteiger partial charge < -0.3 is 4.74 Å². The molecule has 17 heavy (non-hydrogen) atoms. The predicted molar refractivity (Wildman–Crippen MR) is 52.4 cm³/mol. The average molecular weight is 271 g/mol. The van der Waals surface area contributed by atoms with Gasteiger partial charge in [0, 0.05) is 0 Å². The van der Waals surface area contributed by atoms with Gasteiger partial charge in [-0.25, -0.2) is 9.18 Å². The van der Waals surface area contributed by atoms with Crippen LogP contribution < -0.4 is 0 Å². The highest BCUT2D eigenvalue weighted by atomic mass is 35.5. The van der Waals surface area contributed by atoms with E-state index in [0.717, 1.165) is 12.1 Å². The Labute approximate surface area is 99.1 Å². The molecule has 0 radical (unpaired) electrons. The fourth-order valence-electron chi connectivity index (χ4n) is 1.18. The molecule has 0 bridgehead atoms. The van der Waals surface area contributed by atoms with Crippen LogP contribution in [0.3, 0.4) is 0 Å². The van der Waals surface area contributed by atoms with Crippen molar-refractivity contribution in [2.24, 2.45) is 0 Å². The third kappa shape index (κ3) is 2.88. The summed E-state index contributed by atoms with van der Waals surface area (Å²) >= 11 is 5.26. The van der Waals surface area contributed by atoms with Crippen LogP contribution in [0.15, 0.2) is 12.1 Å². The summed E-state index contributed by atoms with van der Waals surface area (Å²) in [7, 11) is 0. The number of rotatable bonds is 2. The minimum absolute atomic E-state index is 0.0672. The number of ether oxygens (including phenoxy) is 1. The van der Waals surface area contributed by atoms with Crippen LogP contribution >= 0.6 is 11.6 Å². The molecule has 0 aromatic heterocycles. The van der Waals surface area contributed by atoms with Crippen molar-refractivity contribution in [2.45, 2.75) is 13.1 Å². The van der Waals surface area contributed by atoms with E-state index in [9.17, 15) is 22.4 Å². The van der Waals surface area contributed by atoms with Crippen molar-refractivity contribution >= 4 is 17.6 Å². The zero-order valence-corrected chi connectivity index (χ0v) is 9.32. The molecule has 0 aliphatic carbocycles. The van der Waals surface area contributed by atoms with E-state index < -0.39 is 34.1 Å². The van der Waals surface area contributed by atoms with Gasteiger partial charge in [-0.1, -0.05) is 11.6 Å². The van der Waals surface area contributed by atoms with Gasteiger partial charge in [0.15, 0.2) is 5.82 Å². The number of halogens is 5. The standard InChI is InChI=1S/C10H7ClF4O2/c1-2-17-9(16)5-3-4-6(11)7(8(5)12)10(13,14)15/h3-4H,2H2,1H3. The fraction of sp³-hybridized carbons (Fsp3) is 0.300. The van der Waals surface area contributed by atoms with Gasteiger partial charge in [0.05, 0.1) is 17.2 Å². The Hall–Kier alpha value is -1.30. The van der Waals surface area contributed by atoms with Gasteiger partial charge in [0.1, 0.15) is 5.56 Å². The smallest absolute Gasteiger partial charge is 0.420 e. The maximum absolute atomic E-state index is 13.5. The molecule has 0 amide bonds. The second kappa shape index (κ2) is 4.91. The second-order valence-corrected chi connectivity index (χ2v) is 3.41. The van der Waals surface area contributed by atoms with Crippen LogP contribution in [0.4, 0.5) is 17.6 Å². The second-order valence-electron chi connectivity index (χ2n) is 3.00. The fourth-order valence-corrected chi connectivity index (χ4v) is 1.43. The zero-order chi connectivity index (χ0) is 13.2. The van der Waals surface area contributed by atoms with Crippen molar-refractivity contribution in [3.05, 3.63) is 34.1 Å². The molecule has 1 rings (SSSR count). The summed E-state index contributed by atoms with van der Waals surface area (Å²) in [5.74, 6) is -2.88. The molecule has 0 atom stereocenters. The molecule has 0 fully saturated rings. The lowest BCUT2D eigenvalue weighted by molar-refractivity contribution is -0.139. The largest absolute Gasteiger partial charge is 0.462 e. The maximum atomic E-state index is 13.5. The van der Waals surface area contributed by atoms with E-state index >= 15 is 0 Å². The van der Waals surface area contributed by atoms with Crippen molar-refractivity contribution in [2.75, 3.05) is 6.61 Å². The minimum atomic E-state index is -4.97. The van der Waals surface area contributed by atoms with Crippen molar-refractivity contribution in [3.8, 4) is 0 Å². The molecule has 0 heterocycles. The summed E-state index contributed by atoms with van der Waals surface area (Å²) in [6.07, 6.45) is -4.97. The molecule has 0 unspecified atom stereocenters. The molecule has 94 valence electrons. The van der Waals surface area contributed by atoms with Gasteiger partial charge in [0.25, 0.3) is 0 Å². The Kier molecular flexibility index (Phi) is 3.98. The summed E-state index contributed by atoms with van der Waals surface area (Å²) in [5.41, 5.74) is -2.45. The molecule has 7 heteroatoms. The number of hydrogen-bond donors (Lipinski definition) is 0. The first-order chi connectivity index (χ1) is 7.79. The normalized spacial score (nSPS) is 11.4. The van der Waals surface area contributed by atoms with Crippen LogP contribution in [0.2, 0.25) is 5.02 Å². The van der Waals surface area contributed by atoms with E-state index in [1.807, 2.05) is 0 Å². The number of benzene rings is 1. The topological polar surface area (TPSA) is 26.3 Å². The maximum Gasteiger partial charge on any atom is 0.420 e. The molecule has 0 N–H and O–H groups in total. The lowest BCUT2D eigenvalue weighted by Gasteiger charge is -2.12. The van der Waals surface area contributed by atoms with Crippen molar-refractivity contribution in [1.82, 2.24) is 0 Å². The van der Waals surface area contributed by atoms with Crippen LogP contribution in [-0.2, 0) is 10.9 Å². The van der Waals surface area contributed by atoms with Crippen molar-refractivity contribution < 1.29 is 27.1 Å². The molecule has 2 nitrogen and oxygen atoms in total. The van der Waals surface area contributed by atoms with Gasteiger partial charge in [-0.2, -0.15) is 13.2 Å². The lowest BCUT2D eigenvalue weighted by Crippen LogP contribution is -2.15. The van der Waals surface area contributed by atoms with Crippen LogP contribution in [0.1, 0.15) is 22.8 Å². The van der Waals surface area contributed by atoms with E-state index in [2.05, 4.69) is 4.74 Å². The highest BCUT2D eigenvalue weighted by Gasteiger charge is 2.38. The summed E-state index contributed by atoms with van der Waals surface area (Å²) in [4.78, 5) is 11.2. The number of esters is 1. The summed E-state index contributed by atoms with van der Waals surface area (Å²) < 4.78 is 55.3. The van der Waals surface area contributed by atoms with E-state index in [1.54, 1.807) is 0 Å². The van der Waals surface area contributed by atoms with Gasteiger partial charge >= 0.3 is 12.1 Å². The molecule has 1 aromatic carbocycles. The van der Waals surface area contributed by atoms with E-state index in [1.165, 1.54) is 6.92 Å². The predicted octanol–water partition coefficient (Wildman–Crippen LogP) is 3.67. The molecular weight excluding hydrogens is 264 g/mol. The van der Waals surface area contributed by atoms with Crippen LogP contribution in [-0.4, -0.2) is 12.6 Å². The third-order valence-electron chi connectivity index (χ3n) is 1.87. The van der Waals surface area contributed by atoms with Crippen LogP contribution in [0, 0.1) is 5.82 Å². The number of hydrogen-bond acceptors (Lipinski definition) is 2. The Balaban J connectivity index is 3.34. The van der Waals surface area contributed by atoms with Gasteiger partial charge in [-0.3, -0.25) is 0 Å². The summed E-state index contributed by atoms with van der Waals surface area (Å²) in [6.45, 7) is 1.39. The van der Waals surface area contributed by atoms with Gasteiger partial charge in [-0.15, -0.1) is 0 Å². The Morgan fingerprint density at radius 3 is 2.47 bits per heavy atom. The monoisotopic (exact) mass is 270 g/mol. The van der Waals surface area contributed by atoms with Crippen LogP contribution in [0.5, 0.6) is 0 Å². The minimum Gasteiger partial charge on any atom is -0.462 e. The molecule has 0 aliphatic heterocycles. The Morgan fingerprint density at radius 1 is 1.41 bits per heavy atom. The van der Waals surface area contributed by atoms with Crippen molar-refractivity contribution in [1.29, 1.82) is 0 Å². The zero-order valence-electron chi connectivity index (χ0n) is 8.57. The van der Waals surface area contributed by atoms with E-state index in [4.69, 9.17) is 11.6 Å². The first kappa shape index (κ1) is 13.8. The SMILES string of the molecule is CCOC(=O)c1ccc(Cl)c(C(F)(F)F)c1F. The number of carbonyl (C=O) groups excluding carboxylic acids is 1. The van der Waals surface area contributed by atoms with E-state index in [-0.39, 0.29) is 6.61 Å². The van der Waals surface area contributed by atoms with Gasteiger partial charge in [0.2, 0.25) is 0 Å². The molecule has 1 aromatic rings. The molecule has 0 aliphatic rings. The highest BCUT2D eigenvalue weighted by Crippen LogP contribution is 2.37. The van der Waals surface area contributed by atoms with Gasteiger partial charge in [-0.05, 0) is 19.1 Å². The molecular formula is C10H7ClF4O2. The highest BCUT2D eigenvalue weighted by molar-refractivity contribution is 6.31. The molecule has 0 spiro atoms. The quantitative estimate of drug-likeness (QED) is 0.605. The molecule has 0 saturated heterocycles. The lowest BCUT2D eigenvalue weighted by atomic mass is 10.1. The number of carbonyl (C=O) groups is 1. The molecule has 0 saturated carbocycles. The Morgan fingerprint density at radius 2 is 2.00 bits per heavy atom. The first-order valence-corrected chi connectivity index (χ1v) is 4.89.